The van der Waals surface area contributed by atoms with Crippen molar-refractivity contribution in [2.45, 2.75) is 29.2 Å². The van der Waals surface area contributed by atoms with Gasteiger partial charge in [-0.1, -0.05) is 45.5 Å². The molecule has 2 aromatic rings. The lowest BCUT2D eigenvalue weighted by atomic mass is 10.2. The van der Waals surface area contributed by atoms with Crippen LogP contribution in [0, 0.1) is 18.6 Å². The van der Waals surface area contributed by atoms with Gasteiger partial charge in [-0.3, -0.25) is 4.79 Å². The molecule has 2 aliphatic rings. The molecule has 14 heteroatoms. The summed E-state index contributed by atoms with van der Waals surface area (Å²) in [5, 5.41) is 3.60. The molecule has 2 aromatic carbocycles. The Kier molecular flexibility index (Phi) is 5.81. The molecule has 4 atom stereocenters. The van der Waals surface area contributed by atoms with Crippen molar-refractivity contribution in [3.05, 3.63) is 59.2 Å². The number of quaternary nitrogens is 1. The predicted molar refractivity (Wildman–Crippen MR) is 116 cm³/mol. The second-order valence-electron chi connectivity index (χ2n) is 7.79. The van der Waals surface area contributed by atoms with Gasteiger partial charge >= 0.3 is 24.3 Å². The Labute approximate surface area is 204 Å². The van der Waals surface area contributed by atoms with Crippen LogP contribution in [-0.2, 0) is 11.0 Å². The van der Waals surface area contributed by atoms with Gasteiger partial charge in [-0.25, -0.2) is 18.5 Å². The normalized spacial score (nSPS) is 25.4. The van der Waals surface area contributed by atoms with Crippen LogP contribution < -0.4 is 9.91 Å². The quantitative estimate of drug-likeness (QED) is 0.180. The average Bonchev–Trinajstić information content (AvgIpc) is 3.39. The number of fused-ring (bicyclic) bond motifs is 1. The first-order valence-corrected chi connectivity index (χ1v) is 10.7. The summed E-state index contributed by atoms with van der Waals surface area (Å²) in [6, 6.07) is 4.92. The van der Waals surface area contributed by atoms with Crippen molar-refractivity contribution in [3.63, 3.8) is 0 Å². The molecule has 0 bridgehead atoms. The first-order chi connectivity index (χ1) is 15.6. The molecule has 1 N–H and O–H groups in total. The molecule has 34 heavy (non-hydrogen) atoms. The molecule has 6 nitrogen and oxygen atoms in total. The van der Waals surface area contributed by atoms with E-state index in [0.29, 0.717) is 0 Å². The summed E-state index contributed by atoms with van der Waals surface area (Å²) in [7, 11) is 1.17. The first kappa shape index (κ1) is 24.9. The zero-order chi connectivity index (χ0) is 25.4. The number of hydrogen-bond acceptors (Lipinski definition) is 4. The zero-order valence-corrected chi connectivity index (χ0v) is 19.6. The molecular weight excluding hydrogens is 530 g/mol. The third kappa shape index (κ3) is 3.61. The number of alkyl halides is 6. The molecule has 4 rings (SSSR count). The molecule has 182 valence electrons. The Morgan fingerprint density at radius 2 is 1.74 bits per heavy atom. The number of nitrogens with one attached hydrogen (secondary N) is 1. The van der Waals surface area contributed by atoms with E-state index in [0.717, 1.165) is 40.2 Å². The summed E-state index contributed by atoms with van der Waals surface area (Å²) in [5.74, 6) is -2.61. The maximum absolute atomic E-state index is 14.7. The van der Waals surface area contributed by atoms with Gasteiger partial charge < -0.3 is 5.32 Å². The molecule has 2 heterocycles. The van der Waals surface area contributed by atoms with Crippen molar-refractivity contribution in [2.75, 3.05) is 12.4 Å². The third-order valence-electron chi connectivity index (χ3n) is 5.80. The van der Waals surface area contributed by atoms with E-state index in [4.69, 9.17) is 34.8 Å². The van der Waals surface area contributed by atoms with Crippen LogP contribution in [0.5, 0.6) is 0 Å². The van der Waals surface area contributed by atoms with Crippen molar-refractivity contribution in [2.24, 2.45) is 0 Å². The van der Waals surface area contributed by atoms with Crippen LogP contribution >= 0.6 is 34.8 Å². The second kappa shape index (κ2) is 7.92. The largest absolute Gasteiger partial charge is 0.452 e. The van der Waals surface area contributed by atoms with Crippen LogP contribution in [-0.4, -0.2) is 45.0 Å². The van der Waals surface area contributed by atoms with E-state index in [-0.39, 0.29) is 16.9 Å². The first-order valence-electron chi connectivity index (χ1n) is 9.58. The molecule has 2 aliphatic heterocycles. The van der Waals surface area contributed by atoms with E-state index in [1.165, 1.54) is 20.0 Å². The Hall–Kier alpha value is -2.18. The number of urea groups is 1. The lowest BCUT2D eigenvalue weighted by Gasteiger charge is -2.29. The van der Waals surface area contributed by atoms with E-state index in [2.05, 4.69) is 5.32 Å². The standard InChI is InChI=1S/C20H15Cl3F5N4O2/c1-9-12(24)6-7-13(14(9)25)29-17(19(21,22)23)31-15-16(33)30(2)18(34)32(15,31)11-5-3-4-10(8-11)20(26,27)28/h3-8,15,17,29H,1-2H3/q+1. The lowest BCUT2D eigenvalue weighted by Crippen LogP contribution is -2.53. The van der Waals surface area contributed by atoms with Crippen molar-refractivity contribution in [3.8, 4) is 0 Å². The monoisotopic (exact) mass is 543 g/mol. The number of anilines is 1. The molecule has 2 fully saturated rings. The minimum absolute atomic E-state index is 0.209. The van der Waals surface area contributed by atoms with Crippen molar-refractivity contribution >= 4 is 58.1 Å². The lowest BCUT2D eigenvalue weighted by molar-refractivity contribution is -0.137. The number of amides is 3. The highest BCUT2D eigenvalue weighted by Gasteiger charge is 2.86. The highest BCUT2D eigenvalue weighted by atomic mass is 35.6. The van der Waals surface area contributed by atoms with Crippen LogP contribution in [0.15, 0.2) is 36.4 Å². The van der Waals surface area contributed by atoms with Crippen molar-refractivity contribution in [1.82, 2.24) is 14.5 Å². The number of likely N-dealkylation sites (N-methyl/N-ethyl adjacent to an activating group) is 1. The number of imide groups is 1. The van der Waals surface area contributed by atoms with E-state index in [9.17, 15) is 31.5 Å². The van der Waals surface area contributed by atoms with E-state index >= 15 is 0 Å². The molecule has 4 unspecified atom stereocenters. The van der Waals surface area contributed by atoms with Crippen LogP contribution in [0.25, 0.3) is 0 Å². The minimum atomic E-state index is -4.73. The van der Waals surface area contributed by atoms with Gasteiger partial charge in [0.05, 0.1) is 11.3 Å². The number of nitrogens with zero attached hydrogens (tertiary/aromatic N) is 3. The predicted octanol–water partition coefficient (Wildman–Crippen LogP) is 5.56. The van der Waals surface area contributed by atoms with Crippen molar-refractivity contribution in [1.29, 1.82) is 0 Å². The number of benzene rings is 2. The van der Waals surface area contributed by atoms with Crippen LogP contribution in [0.2, 0.25) is 0 Å². The van der Waals surface area contributed by atoms with Gasteiger partial charge in [-0.05, 0) is 30.1 Å². The highest BCUT2D eigenvalue weighted by molar-refractivity contribution is 6.68. The second-order valence-corrected chi connectivity index (χ2v) is 10.2. The highest BCUT2D eigenvalue weighted by Crippen LogP contribution is 2.55. The topological polar surface area (TPSA) is 52.4 Å². The van der Waals surface area contributed by atoms with Gasteiger partial charge in [0.1, 0.15) is 5.82 Å². The fourth-order valence-electron chi connectivity index (χ4n) is 4.07. The van der Waals surface area contributed by atoms with Gasteiger partial charge in [-0.15, -0.1) is 0 Å². The van der Waals surface area contributed by atoms with Crippen molar-refractivity contribution < 1.29 is 31.5 Å². The number of rotatable bonds is 4. The summed E-state index contributed by atoms with van der Waals surface area (Å²) in [6.45, 7) is 1.18. The number of halogens is 8. The molecular formula is C20H15Cl3F5N4O2+. The summed E-state index contributed by atoms with van der Waals surface area (Å²) in [5.41, 5.74) is -1.92. The fourth-order valence-corrected chi connectivity index (χ4v) is 4.53. The van der Waals surface area contributed by atoms with Crippen LogP contribution in [0.3, 0.4) is 0 Å². The van der Waals surface area contributed by atoms with Gasteiger partial charge in [0, 0.05) is 24.7 Å². The van der Waals surface area contributed by atoms with E-state index in [1.807, 2.05) is 0 Å². The Morgan fingerprint density at radius 1 is 1.09 bits per heavy atom. The molecule has 0 radical (unpaired) electrons. The van der Waals surface area contributed by atoms with Gasteiger partial charge in [-0.2, -0.15) is 13.2 Å². The maximum atomic E-state index is 14.7. The van der Waals surface area contributed by atoms with Gasteiger partial charge in [0.15, 0.2) is 17.7 Å². The molecule has 0 aliphatic carbocycles. The molecule has 0 aromatic heterocycles. The van der Waals surface area contributed by atoms with E-state index < -0.39 is 56.0 Å². The number of hydrogen-bond donors (Lipinski definition) is 1. The zero-order valence-electron chi connectivity index (χ0n) is 17.3. The molecule has 3 amide bonds. The molecule has 2 saturated heterocycles. The number of carbonyl (C=O) groups excluding carboxylic acids is 2. The van der Waals surface area contributed by atoms with Crippen LogP contribution in [0.1, 0.15) is 11.1 Å². The Morgan fingerprint density at radius 3 is 2.32 bits per heavy atom. The van der Waals surface area contributed by atoms with Gasteiger partial charge in [0.25, 0.3) is 0 Å². The van der Waals surface area contributed by atoms with Crippen LogP contribution in [0.4, 0.5) is 38.1 Å². The smallest absolute Gasteiger partial charge is 0.359 e. The third-order valence-corrected chi connectivity index (χ3v) is 6.42. The SMILES string of the molecule is Cc1c(F)ccc(NC(N2C3C(=O)N(C)C(=O)[N+]32c2cccc(C(F)(F)F)c2)C(Cl)(Cl)Cl)c1F. The molecule has 0 spiro atoms. The molecule has 0 saturated carbocycles. The summed E-state index contributed by atoms with van der Waals surface area (Å²) >= 11 is 18.3. The Balaban J connectivity index is 1.84. The fraction of sp³-hybridized carbons (Fsp3) is 0.300. The summed E-state index contributed by atoms with van der Waals surface area (Å²) in [6.07, 6.45) is -7.69. The Bertz CT molecular complexity index is 1210. The minimum Gasteiger partial charge on any atom is -0.359 e. The summed E-state index contributed by atoms with van der Waals surface area (Å²) in [4.78, 5) is 26.7. The summed E-state index contributed by atoms with van der Waals surface area (Å²) < 4.78 is 65.1. The maximum Gasteiger partial charge on any atom is 0.452 e. The van der Waals surface area contributed by atoms with E-state index in [1.54, 1.807) is 0 Å². The average molecular weight is 545 g/mol. The number of carbonyl (C=O) groups is 2. The van der Waals surface area contributed by atoms with Gasteiger partial charge in [0.2, 0.25) is 3.79 Å².